The van der Waals surface area contributed by atoms with Crippen LogP contribution >= 0.6 is 0 Å². The fourth-order valence-corrected chi connectivity index (χ4v) is 1.12. The van der Waals surface area contributed by atoms with Gasteiger partial charge >= 0.3 is 0 Å². The van der Waals surface area contributed by atoms with Gasteiger partial charge in [-0.15, -0.1) is 0 Å². The predicted octanol–water partition coefficient (Wildman–Crippen LogP) is 1.88. The maximum Gasteiger partial charge on any atom is 0.0701 e. The van der Waals surface area contributed by atoms with Gasteiger partial charge in [-0.2, -0.15) is 0 Å². The zero-order valence-electron chi connectivity index (χ0n) is 7.54. The Balaban J connectivity index is 3.02. The zero-order chi connectivity index (χ0) is 9.14. The van der Waals surface area contributed by atoms with Gasteiger partial charge in [0.05, 0.1) is 6.61 Å². The molecule has 1 rings (SSSR count). The summed E-state index contributed by atoms with van der Waals surface area (Å²) >= 11 is 0. The van der Waals surface area contributed by atoms with Crippen LogP contribution < -0.4 is 5.73 Å². The molecule has 1 aromatic rings. The molecule has 12 heavy (non-hydrogen) atoms. The first-order valence-electron chi connectivity index (χ1n) is 4.14. The van der Waals surface area contributed by atoms with Gasteiger partial charge in [-0.1, -0.05) is 26.0 Å². The summed E-state index contributed by atoms with van der Waals surface area (Å²) in [7, 11) is 0. The molecule has 3 N–H and O–H groups in total. The number of aliphatic hydroxyl groups excluding tert-OH is 1. The van der Waals surface area contributed by atoms with Gasteiger partial charge in [0.1, 0.15) is 0 Å². The number of benzene rings is 1. The van der Waals surface area contributed by atoms with Crippen LogP contribution in [0.15, 0.2) is 18.2 Å². The molecule has 0 aliphatic heterocycles. The Hall–Kier alpha value is -1.02. The maximum atomic E-state index is 8.87. The molecule has 0 aromatic heterocycles. The number of hydrogen-bond acceptors (Lipinski definition) is 2. The third kappa shape index (κ3) is 1.77. The molecule has 0 saturated carbocycles. The first-order valence-corrected chi connectivity index (χ1v) is 4.14. The number of rotatable bonds is 2. The van der Waals surface area contributed by atoms with Crippen molar-refractivity contribution in [1.29, 1.82) is 0 Å². The number of nitrogens with two attached hydrogens (primary N) is 1. The summed E-state index contributed by atoms with van der Waals surface area (Å²) in [5.41, 5.74) is 8.41. The summed E-state index contributed by atoms with van der Waals surface area (Å²) in [4.78, 5) is 0. The first kappa shape index (κ1) is 9.07. The fraction of sp³-hybridized carbons (Fsp3) is 0.400. The Morgan fingerprint density at radius 2 is 2.08 bits per heavy atom. The van der Waals surface area contributed by atoms with E-state index in [1.165, 1.54) is 5.56 Å². The summed E-state index contributed by atoms with van der Waals surface area (Å²) in [6.07, 6.45) is 0. The lowest BCUT2D eigenvalue weighted by molar-refractivity contribution is 0.282. The molecule has 0 bridgehead atoms. The van der Waals surface area contributed by atoms with Gasteiger partial charge in [-0.05, 0) is 17.5 Å². The van der Waals surface area contributed by atoms with Gasteiger partial charge in [-0.25, -0.2) is 0 Å². The largest absolute Gasteiger partial charge is 0.398 e. The number of hydrogen-bond donors (Lipinski definition) is 2. The smallest absolute Gasteiger partial charge is 0.0701 e. The molecule has 0 atom stereocenters. The molecule has 2 nitrogen and oxygen atoms in total. The standard InChI is InChI=1S/C10H15NO/c1-7(2)8-3-4-9(6-12)10(11)5-8/h3-5,7,12H,6,11H2,1-2H3. The average molecular weight is 165 g/mol. The van der Waals surface area contributed by atoms with E-state index in [4.69, 9.17) is 10.8 Å². The van der Waals surface area contributed by atoms with Crippen molar-refractivity contribution < 1.29 is 5.11 Å². The molecule has 0 radical (unpaired) electrons. The second-order valence-electron chi connectivity index (χ2n) is 3.27. The van der Waals surface area contributed by atoms with Gasteiger partial charge in [0, 0.05) is 11.3 Å². The Morgan fingerprint density at radius 1 is 1.42 bits per heavy atom. The lowest BCUT2D eigenvalue weighted by atomic mass is 10.0. The van der Waals surface area contributed by atoms with Gasteiger partial charge in [0.25, 0.3) is 0 Å². The van der Waals surface area contributed by atoms with E-state index in [1.54, 1.807) is 0 Å². The molecule has 0 heterocycles. The van der Waals surface area contributed by atoms with Gasteiger partial charge in [0.15, 0.2) is 0 Å². The lowest BCUT2D eigenvalue weighted by Gasteiger charge is -2.08. The second-order valence-corrected chi connectivity index (χ2v) is 3.27. The predicted molar refractivity (Wildman–Crippen MR) is 50.9 cm³/mol. The van der Waals surface area contributed by atoms with E-state index >= 15 is 0 Å². The quantitative estimate of drug-likeness (QED) is 0.657. The molecule has 66 valence electrons. The number of nitrogen functional groups attached to an aromatic ring is 1. The average Bonchev–Trinajstić information content (AvgIpc) is 2.04. The van der Waals surface area contributed by atoms with Crippen LogP contribution in [-0.2, 0) is 6.61 Å². The molecule has 0 aliphatic rings. The van der Waals surface area contributed by atoms with E-state index < -0.39 is 0 Å². The number of anilines is 1. The molecule has 1 aromatic carbocycles. The zero-order valence-corrected chi connectivity index (χ0v) is 7.54. The Bertz CT molecular complexity index is 269. The molecule has 0 aliphatic carbocycles. The normalized spacial score (nSPS) is 10.7. The Morgan fingerprint density at radius 3 is 2.50 bits per heavy atom. The second kappa shape index (κ2) is 3.59. The van der Waals surface area contributed by atoms with Crippen molar-refractivity contribution in [3.8, 4) is 0 Å². The summed E-state index contributed by atoms with van der Waals surface area (Å²) in [6, 6.07) is 5.81. The molecule has 2 heteroatoms. The van der Waals surface area contributed by atoms with Crippen LogP contribution in [0.25, 0.3) is 0 Å². The van der Waals surface area contributed by atoms with Gasteiger partial charge in [-0.3, -0.25) is 0 Å². The molecular weight excluding hydrogens is 150 g/mol. The third-order valence-electron chi connectivity index (χ3n) is 2.01. The molecule has 0 amide bonds. The van der Waals surface area contributed by atoms with E-state index in [1.807, 2.05) is 18.2 Å². The minimum atomic E-state index is 0.0181. The monoisotopic (exact) mass is 165 g/mol. The van der Waals surface area contributed by atoms with E-state index in [0.29, 0.717) is 11.6 Å². The van der Waals surface area contributed by atoms with Crippen molar-refractivity contribution in [3.63, 3.8) is 0 Å². The van der Waals surface area contributed by atoms with E-state index in [2.05, 4.69) is 13.8 Å². The molecule has 0 spiro atoms. The van der Waals surface area contributed by atoms with Crippen LogP contribution in [-0.4, -0.2) is 5.11 Å². The maximum absolute atomic E-state index is 8.87. The summed E-state index contributed by atoms with van der Waals surface area (Å²) < 4.78 is 0. The highest BCUT2D eigenvalue weighted by Gasteiger charge is 2.02. The highest BCUT2D eigenvalue weighted by atomic mass is 16.3. The minimum Gasteiger partial charge on any atom is -0.398 e. The van der Waals surface area contributed by atoms with Crippen molar-refractivity contribution in [2.24, 2.45) is 0 Å². The van der Waals surface area contributed by atoms with E-state index in [0.717, 1.165) is 5.56 Å². The van der Waals surface area contributed by atoms with Crippen molar-refractivity contribution in [1.82, 2.24) is 0 Å². The van der Waals surface area contributed by atoms with Crippen LogP contribution in [0, 0.1) is 0 Å². The minimum absolute atomic E-state index is 0.0181. The molecule has 0 fully saturated rings. The first-order chi connectivity index (χ1) is 5.65. The summed E-state index contributed by atoms with van der Waals surface area (Å²) in [5.74, 6) is 0.486. The molecule has 0 unspecified atom stereocenters. The Kier molecular flexibility index (Phi) is 2.71. The van der Waals surface area contributed by atoms with Crippen LogP contribution in [0.3, 0.4) is 0 Å². The summed E-state index contributed by atoms with van der Waals surface area (Å²) in [6.45, 7) is 4.25. The topological polar surface area (TPSA) is 46.2 Å². The highest BCUT2D eigenvalue weighted by Crippen LogP contribution is 2.20. The van der Waals surface area contributed by atoms with Crippen molar-refractivity contribution in [3.05, 3.63) is 29.3 Å². The van der Waals surface area contributed by atoms with Crippen molar-refractivity contribution in [2.45, 2.75) is 26.4 Å². The van der Waals surface area contributed by atoms with Crippen LogP contribution in [0.4, 0.5) is 5.69 Å². The van der Waals surface area contributed by atoms with Crippen molar-refractivity contribution >= 4 is 5.69 Å². The van der Waals surface area contributed by atoms with Crippen LogP contribution in [0.5, 0.6) is 0 Å². The molecule has 0 saturated heterocycles. The Labute approximate surface area is 73.0 Å². The fourth-order valence-electron chi connectivity index (χ4n) is 1.12. The third-order valence-corrected chi connectivity index (χ3v) is 2.01. The molecular formula is C10H15NO. The van der Waals surface area contributed by atoms with E-state index in [9.17, 15) is 0 Å². The van der Waals surface area contributed by atoms with Crippen LogP contribution in [0.2, 0.25) is 0 Å². The highest BCUT2D eigenvalue weighted by molar-refractivity contribution is 5.49. The van der Waals surface area contributed by atoms with Crippen molar-refractivity contribution in [2.75, 3.05) is 5.73 Å². The van der Waals surface area contributed by atoms with Gasteiger partial charge < -0.3 is 10.8 Å². The van der Waals surface area contributed by atoms with Crippen LogP contribution in [0.1, 0.15) is 30.9 Å². The van der Waals surface area contributed by atoms with Gasteiger partial charge in [0.2, 0.25) is 0 Å². The number of aliphatic hydroxyl groups is 1. The summed E-state index contributed by atoms with van der Waals surface area (Å²) in [5, 5.41) is 8.87. The SMILES string of the molecule is CC(C)c1ccc(CO)c(N)c1. The lowest BCUT2D eigenvalue weighted by Crippen LogP contribution is -1.96. The van der Waals surface area contributed by atoms with E-state index in [-0.39, 0.29) is 6.61 Å².